The molecule has 0 aromatic carbocycles. The smallest absolute Gasteiger partial charge is 0.401 e. The molecule has 0 spiro atoms. The largest absolute Gasteiger partial charge is 0.505 e. The first-order valence-corrected chi connectivity index (χ1v) is 5.07. The quantitative estimate of drug-likeness (QED) is 0.578. The third kappa shape index (κ3) is 0.810. The van der Waals surface area contributed by atoms with Crippen molar-refractivity contribution in [3.8, 4) is 0 Å². The molecule has 0 radical (unpaired) electrons. The zero-order chi connectivity index (χ0) is 9.00. The molecule has 3 nitrogen and oxygen atoms in total. The highest BCUT2D eigenvalue weighted by atomic mass is 16.3. The van der Waals surface area contributed by atoms with Crippen LogP contribution in [0, 0.1) is 29.1 Å². The Morgan fingerprint density at radius 1 is 1.23 bits per heavy atom. The molecule has 0 saturated heterocycles. The van der Waals surface area contributed by atoms with Crippen LogP contribution in [0.2, 0.25) is 0 Å². The highest BCUT2D eigenvalue weighted by molar-refractivity contribution is 5.27. The molecule has 4 atom stereocenters. The first-order chi connectivity index (χ1) is 6.29. The maximum atomic E-state index is 9.86. The van der Waals surface area contributed by atoms with E-state index in [-0.39, 0.29) is 0 Å². The van der Waals surface area contributed by atoms with Crippen molar-refractivity contribution in [1.82, 2.24) is 0 Å². The van der Waals surface area contributed by atoms with Crippen LogP contribution in [0.4, 0.5) is 0 Å². The van der Waals surface area contributed by atoms with E-state index < -0.39 is 0 Å². The summed E-state index contributed by atoms with van der Waals surface area (Å²) in [5.41, 5.74) is 0.587. The van der Waals surface area contributed by atoms with Crippen molar-refractivity contribution in [1.29, 1.82) is 5.39 Å². The Labute approximate surface area is 77.1 Å². The molecule has 13 heavy (non-hydrogen) atoms. The van der Waals surface area contributed by atoms with Crippen molar-refractivity contribution in [3.05, 3.63) is 16.4 Å². The molecule has 68 valence electrons. The van der Waals surface area contributed by atoms with Crippen LogP contribution < -0.4 is 0 Å². The van der Waals surface area contributed by atoms with Crippen LogP contribution in [-0.4, -0.2) is 5.11 Å². The minimum absolute atomic E-state index is 0.314. The van der Waals surface area contributed by atoms with Crippen LogP contribution in [-0.2, 0) is 0 Å². The predicted octanol–water partition coefficient (Wildman–Crippen LogP) is 2.68. The van der Waals surface area contributed by atoms with Gasteiger partial charge in [0, 0.05) is 5.92 Å². The second-order valence-corrected chi connectivity index (χ2v) is 4.74. The van der Waals surface area contributed by atoms with Crippen LogP contribution in [0.25, 0.3) is 4.98 Å². The lowest BCUT2D eigenvalue weighted by molar-refractivity contribution is 0.208. The third-order valence-electron chi connectivity index (χ3n) is 4.11. The van der Waals surface area contributed by atoms with Crippen molar-refractivity contribution in [2.24, 2.45) is 23.7 Å². The van der Waals surface area contributed by atoms with Crippen molar-refractivity contribution in [2.45, 2.75) is 25.7 Å². The standard InChI is InChI=1S/C10H12N2O/c11-12-9-7-2-5-1-6(4-7)8(3-5)10(9)13/h5-8H,1-4H2/p+1. The van der Waals surface area contributed by atoms with E-state index in [4.69, 9.17) is 5.39 Å². The van der Waals surface area contributed by atoms with Crippen molar-refractivity contribution in [2.75, 3.05) is 0 Å². The number of rotatable bonds is 0. The van der Waals surface area contributed by atoms with Gasteiger partial charge in [0.2, 0.25) is 5.39 Å². The van der Waals surface area contributed by atoms with Gasteiger partial charge >= 0.3 is 5.70 Å². The molecule has 0 aromatic heterocycles. The van der Waals surface area contributed by atoms with Gasteiger partial charge in [-0.05, 0) is 37.5 Å². The fraction of sp³-hybridized carbons (Fsp3) is 0.800. The van der Waals surface area contributed by atoms with Gasteiger partial charge < -0.3 is 5.11 Å². The monoisotopic (exact) mass is 177 g/mol. The number of aliphatic hydroxyl groups is 1. The summed E-state index contributed by atoms with van der Waals surface area (Å²) < 4.78 is 0. The second-order valence-electron chi connectivity index (χ2n) is 4.74. The number of hydrogen-bond acceptors (Lipinski definition) is 2. The summed E-state index contributed by atoms with van der Waals surface area (Å²) in [4.78, 5) is 3.26. The molecule has 0 aromatic rings. The fourth-order valence-electron chi connectivity index (χ4n) is 3.65. The Morgan fingerprint density at radius 3 is 2.85 bits per heavy atom. The van der Waals surface area contributed by atoms with Crippen molar-refractivity contribution >= 4 is 0 Å². The van der Waals surface area contributed by atoms with E-state index >= 15 is 0 Å². The molecule has 2 saturated carbocycles. The van der Waals surface area contributed by atoms with E-state index in [1.54, 1.807) is 0 Å². The molecular weight excluding hydrogens is 164 g/mol. The third-order valence-corrected chi connectivity index (χ3v) is 4.11. The van der Waals surface area contributed by atoms with E-state index in [9.17, 15) is 5.11 Å². The normalized spacial score (nSPS) is 46.7. The summed E-state index contributed by atoms with van der Waals surface area (Å²) in [5, 5.41) is 18.7. The summed E-state index contributed by atoms with van der Waals surface area (Å²) in [7, 11) is 0. The zero-order valence-corrected chi connectivity index (χ0v) is 7.48. The molecule has 3 aliphatic carbocycles. The Bertz CT molecular complexity index is 326. The van der Waals surface area contributed by atoms with Gasteiger partial charge in [-0.3, -0.25) is 0 Å². The molecule has 3 bridgehead atoms. The zero-order valence-electron chi connectivity index (χ0n) is 7.48. The second kappa shape index (κ2) is 2.25. The van der Waals surface area contributed by atoms with Gasteiger partial charge in [-0.25, -0.2) is 0 Å². The Morgan fingerprint density at radius 2 is 2.08 bits per heavy atom. The summed E-state index contributed by atoms with van der Waals surface area (Å²) in [6.45, 7) is 0. The lowest BCUT2D eigenvalue weighted by atomic mass is 9.74. The number of diazo groups is 1. The first-order valence-electron chi connectivity index (χ1n) is 5.07. The van der Waals surface area contributed by atoms with Crippen LogP contribution in [0.1, 0.15) is 25.7 Å². The molecule has 2 fully saturated rings. The van der Waals surface area contributed by atoms with Crippen molar-refractivity contribution < 1.29 is 5.11 Å². The predicted molar refractivity (Wildman–Crippen MR) is 47.2 cm³/mol. The van der Waals surface area contributed by atoms with Gasteiger partial charge in [0.05, 0.1) is 5.92 Å². The summed E-state index contributed by atoms with van der Waals surface area (Å²) in [6.07, 6.45) is 4.65. The van der Waals surface area contributed by atoms with Gasteiger partial charge in [0.1, 0.15) is 0 Å². The lowest BCUT2D eigenvalue weighted by Crippen LogP contribution is -2.25. The average molecular weight is 177 g/mol. The summed E-state index contributed by atoms with van der Waals surface area (Å²) in [5.74, 6) is 2.50. The summed E-state index contributed by atoms with van der Waals surface area (Å²) >= 11 is 0. The van der Waals surface area contributed by atoms with E-state index in [0.717, 1.165) is 25.2 Å². The fourth-order valence-corrected chi connectivity index (χ4v) is 3.65. The molecule has 0 aliphatic heterocycles. The average Bonchev–Trinajstić information content (AvgIpc) is 2.36. The van der Waals surface area contributed by atoms with Crippen LogP contribution >= 0.6 is 0 Å². The minimum atomic E-state index is 0.314. The van der Waals surface area contributed by atoms with Gasteiger partial charge in [-0.15, -0.1) is 0 Å². The van der Waals surface area contributed by atoms with Gasteiger partial charge in [-0.1, -0.05) is 0 Å². The first kappa shape index (κ1) is 7.37. The van der Waals surface area contributed by atoms with Gasteiger partial charge in [0.15, 0.2) is 10.7 Å². The molecule has 3 aliphatic rings. The van der Waals surface area contributed by atoms with Gasteiger partial charge in [0.25, 0.3) is 0 Å². The van der Waals surface area contributed by atoms with Crippen molar-refractivity contribution in [3.63, 3.8) is 0 Å². The van der Waals surface area contributed by atoms with E-state index in [0.29, 0.717) is 29.2 Å². The molecule has 0 heterocycles. The highest BCUT2D eigenvalue weighted by Crippen LogP contribution is 2.56. The number of allylic oxidation sites excluding steroid dienone is 2. The van der Waals surface area contributed by atoms with E-state index in [2.05, 4.69) is 4.98 Å². The van der Waals surface area contributed by atoms with E-state index in [1.165, 1.54) is 6.42 Å². The molecule has 1 N–H and O–H groups in total. The Balaban J connectivity index is 2.11. The SMILES string of the molecule is N#[N+]C1=C(O)C2CC3CC1CC2C3. The number of nitrogens with zero attached hydrogens (tertiary/aromatic N) is 2. The molecule has 0 amide bonds. The minimum Gasteiger partial charge on any atom is -0.505 e. The lowest BCUT2D eigenvalue weighted by Gasteiger charge is -2.28. The molecular formula is C10H13N2O+. The highest BCUT2D eigenvalue weighted by Gasteiger charge is 2.53. The molecule has 3 rings (SSSR count). The molecule has 4 unspecified atom stereocenters. The Kier molecular flexibility index (Phi) is 1.28. The van der Waals surface area contributed by atoms with E-state index in [1.807, 2.05) is 0 Å². The van der Waals surface area contributed by atoms with Crippen LogP contribution in [0.15, 0.2) is 11.5 Å². The topological polar surface area (TPSA) is 48.4 Å². The maximum absolute atomic E-state index is 9.86. The number of fused-ring (bicyclic) bond motifs is 2. The number of hydrogen-bond donors (Lipinski definition) is 1. The Hall–Kier alpha value is -1.04. The maximum Gasteiger partial charge on any atom is 0.401 e. The van der Waals surface area contributed by atoms with Crippen LogP contribution in [0.3, 0.4) is 0 Å². The van der Waals surface area contributed by atoms with Gasteiger partial charge in [-0.2, -0.15) is 0 Å². The molecule has 3 heteroatoms. The summed E-state index contributed by atoms with van der Waals surface area (Å²) in [6, 6.07) is 0. The van der Waals surface area contributed by atoms with Crippen LogP contribution in [0.5, 0.6) is 0 Å². The number of aliphatic hydroxyl groups excluding tert-OH is 1.